The smallest absolute Gasteiger partial charge is 0.471 e. The molecular formula is C11H13F3N2O3. The highest BCUT2D eigenvalue weighted by Crippen LogP contribution is 2.35. The number of carboxylic acid groups (broad SMARTS) is 1. The zero-order valence-electron chi connectivity index (χ0n) is 10.0. The van der Waals surface area contributed by atoms with Gasteiger partial charge in [-0.25, -0.2) is 0 Å². The first kappa shape index (κ1) is 15.3. The van der Waals surface area contributed by atoms with Gasteiger partial charge in [-0.1, -0.05) is 0 Å². The molecule has 1 rings (SSSR count). The van der Waals surface area contributed by atoms with E-state index in [1.165, 1.54) is 0 Å². The van der Waals surface area contributed by atoms with Crippen LogP contribution in [0.15, 0.2) is 0 Å². The Morgan fingerprint density at radius 3 is 2.53 bits per heavy atom. The Balaban J connectivity index is 2.79. The third-order valence-corrected chi connectivity index (χ3v) is 3.16. The highest BCUT2D eigenvalue weighted by atomic mass is 19.4. The monoisotopic (exact) mass is 278 g/mol. The van der Waals surface area contributed by atoms with Crippen molar-refractivity contribution in [3.05, 3.63) is 0 Å². The lowest BCUT2D eigenvalue weighted by Gasteiger charge is -2.38. The maximum Gasteiger partial charge on any atom is 0.471 e. The van der Waals surface area contributed by atoms with E-state index >= 15 is 0 Å². The number of amides is 1. The topological polar surface area (TPSA) is 81.4 Å². The van der Waals surface area contributed by atoms with Crippen LogP contribution in [0, 0.1) is 16.7 Å². The first-order chi connectivity index (χ1) is 8.70. The predicted molar refractivity (Wildman–Crippen MR) is 56.8 cm³/mol. The number of halogens is 3. The van der Waals surface area contributed by atoms with Crippen molar-refractivity contribution in [1.82, 2.24) is 4.90 Å². The molecule has 0 saturated carbocycles. The number of rotatable bonds is 3. The lowest BCUT2D eigenvalue weighted by molar-refractivity contribution is -0.188. The SMILES string of the molecule is N#CC1(CCC(=O)O)CCCN(C(=O)C(F)(F)F)C1. The lowest BCUT2D eigenvalue weighted by Crippen LogP contribution is -2.50. The van der Waals surface area contributed by atoms with Crippen LogP contribution in [0.1, 0.15) is 25.7 Å². The summed E-state index contributed by atoms with van der Waals surface area (Å²) in [5.74, 6) is -3.09. The first-order valence-corrected chi connectivity index (χ1v) is 5.69. The summed E-state index contributed by atoms with van der Waals surface area (Å²) >= 11 is 0. The van der Waals surface area contributed by atoms with Crippen LogP contribution >= 0.6 is 0 Å². The Morgan fingerprint density at radius 1 is 1.42 bits per heavy atom. The molecule has 0 aromatic rings. The van der Waals surface area contributed by atoms with Gasteiger partial charge in [0, 0.05) is 19.5 Å². The minimum Gasteiger partial charge on any atom is -0.481 e. The molecule has 1 aliphatic rings. The molecule has 5 nitrogen and oxygen atoms in total. The molecule has 8 heteroatoms. The minimum absolute atomic E-state index is 0.0551. The van der Waals surface area contributed by atoms with Gasteiger partial charge in [0.15, 0.2) is 0 Å². The molecule has 1 atom stereocenters. The summed E-state index contributed by atoms with van der Waals surface area (Å²) in [7, 11) is 0. The molecule has 0 aromatic heterocycles. The number of hydrogen-bond donors (Lipinski definition) is 1. The van der Waals surface area contributed by atoms with Gasteiger partial charge >= 0.3 is 18.1 Å². The van der Waals surface area contributed by atoms with E-state index in [0.717, 1.165) is 0 Å². The quantitative estimate of drug-likeness (QED) is 0.849. The number of carboxylic acids is 1. The summed E-state index contributed by atoms with van der Waals surface area (Å²) in [5.41, 5.74) is -1.20. The molecule has 0 spiro atoms. The zero-order valence-corrected chi connectivity index (χ0v) is 10.0. The van der Waals surface area contributed by atoms with E-state index < -0.39 is 23.5 Å². The second-order valence-corrected chi connectivity index (χ2v) is 4.61. The van der Waals surface area contributed by atoms with Gasteiger partial charge in [0.05, 0.1) is 11.5 Å². The van der Waals surface area contributed by atoms with Crippen LogP contribution in [0.2, 0.25) is 0 Å². The van der Waals surface area contributed by atoms with Gasteiger partial charge in [-0.3, -0.25) is 9.59 Å². The van der Waals surface area contributed by atoms with E-state index in [9.17, 15) is 22.8 Å². The van der Waals surface area contributed by atoms with Crippen LogP contribution in [-0.2, 0) is 9.59 Å². The van der Waals surface area contributed by atoms with Gasteiger partial charge < -0.3 is 10.0 Å². The van der Waals surface area contributed by atoms with Crippen LogP contribution in [0.5, 0.6) is 0 Å². The third-order valence-electron chi connectivity index (χ3n) is 3.16. The van der Waals surface area contributed by atoms with Crippen molar-refractivity contribution in [2.24, 2.45) is 5.41 Å². The lowest BCUT2D eigenvalue weighted by atomic mass is 9.77. The Bertz CT molecular complexity index is 416. The largest absolute Gasteiger partial charge is 0.481 e. The van der Waals surface area contributed by atoms with Gasteiger partial charge in [-0.15, -0.1) is 0 Å². The highest BCUT2D eigenvalue weighted by Gasteiger charge is 2.46. The average Bonchev–Trinajstić information content (AvgIpc) is 2.34. The summed E-state index contributed by atoms with van der Waals surface area (Å²) in [4.78, 5) is 22.2. The van der Waals surface area contributed by atoms with E-state index in [0.29, 0.717) is 11.3 Å². The van der Waals surface area contributed by atoms with Gasteiger partial charge in [0.1, 0.15) is 0 Å². The Hall–Kier alpha value is -1.78. The van der Waals surface area contributed by atoms with Crippen molar-refractivity contribution in [2.75, 3.05) is 13.1 Å². The Kier molecular flexibility index (Phi) is 4.39. The number of nitrogens with zero attached hydrogens (tertiary/aromatic N) is 2. The molecule has 0 aliphatic carbocycles. The second kappa shape index (κ2) is 5.47. The molecule has 106 valence electrons. The number of hydrogen-bond acceptors (Lipinski definition) is 3. The number of nitriles is 1. The molecular weight excluding hydrogens is 265 g/mol. The van der Waals surface area contributed by atoms with E-state index in [1.807, 2.05) is 6.07 Å². The van der Waals surface area contributed by atoms with Crippen molar-refractivity contribution in [3.8, 4) is 6.07 Å². The van der Waals surface area contributed by atoms with Crippen molar-refractivity contribution >= 4 is 11.9 Å². The average molecular weight is 278 g/mol. The fourth-order valence-electron chi connectivity index (χ4n) is 2.18. The third kappa shape index (κ3) is 3.84. The highest BCUT2D eigenvalue weighted by molar-refractivity contribution is 5.82. The van der Waals surface area contributed by atoms with Crippen molar-refractivity contribution in [2.45, 2.75) is 31.9 Å². The van der Waals surface area contributed by atoms with Crippen LogP contribution < -0.4 is 0 Å². The summed E-state index contributed by atoms with van der Waals surface area (Å²) in [5, 5.41) is 17.7. The normalized spacial score (nSPS) is 23.8. The molecule has 1 unspecified atom stereocenters. The predicted octanol–water partition coefficient (Wildman–Crippen LogP) is 1.55. The van der Waals surface area contributed by atoms with E-state index in [4.69, 9.17) is 10.4 Å². The molecule has 19 heavy (non-hydrogen) atoms. The molecule has 1 N–H and O–H groups in total. The van der Waals surface area contributed by atoms with Crippen LogP contribution in [0.25, 0.3) is 0 Å². The fraction of sp³-hybridized carbons (Fsp3) is 0.727. The summed E-state index contributed by atoms with van der Waals surface area (Å²) in [6, 6.07) is 1.88. The number of aliphatic carboxylic acids is 1. The first-order valence-electron chi connectivity index (χ1n) is 5.69. The van der Waals surface area contributed by atoms with Crippen molar-refractivity contribution in [3.63, 3.8) is 0 Å². The molecule has 1 saturated heterocycles. The number of alkyl halides is 3. The van der Waals surface area contributed by atoms with Gasteiger partial charge in [-0.2, -0.15) is 18.4 Å². The number of carbonyl (C=O) groups excluding carboxylic acids is 1. The van der Waals surface area contributed by atoms with Crippen LogP contribution in [-0.4, -0.2) is 41.1 Å². The maximum atomic E-state index is 12.3. The standard InChI is InChI=1S/C11H13F3N2O3/c12-11(13,14)9(19)16-5-1-3-10(6-15,7-16)4-2-8(17)18/h1-5,7H2,(H,17,18). The van der Waals surface area contributed by atoms with Crippen molar-refractivity contribution in [1.29, 1.82) is 5.26 Å². The zero-order chi connectivity index (χ0) is 14.7. The molecule has 0 bridgehead atoms. The summed E-state index contributed by atoms with van der Waals surface area (Å²) in [6.45, 7) is -0.427. The number of carbonyl (C=O) groups is 2. The van der Waals surface area contributed by atoms with E-state index in [1.54, 1.807) is 0 Å². The number of likely N-dealkylation sites (tertiary alicyclic amines) is 1. The molecule has 1 fully saturated rings. The van der Waals surface area contributed by atoms with Crippen LogP contribution in [0.3, 0.4) is 0 Å². The van der Waals surface area contributed by atoms with Gasteiger partial charge in [-0.05, 0) is 19.3 Å². The molecule has 1 aliphatic heterocycles. The van der Waals surface area contributed by atoms with Gasteiger partial charge in [0.2, 0.25) is 0 Å². The van der Waals surface area contributed by atoms with Crippen LogP contribution in [0.4, 0.5) is 13.2 Å². The minimum atomic E-state index is -4.97. The molecule has 1 amide bonds. The second-order valence-electron chi connectivity index (χ2n) is 4.61. The van der Waals surface area contributed by atoms with E-state index in [2.05, 4.69) is 0 Å². The van der Waals surface area contributed by atoms with Gasteiger partial charge in [0.25, 0.3) is 0 Å². The molecule has 0 aromatic carbocycles. The fourth-order valence-corrected chi connectivity index (χ4v) is 2.18. The Morgan fingerprint density at radius 2 is 2.05 bits per heavy atom. The molecule has 1 heterocycles. The molecule has 0 radical (unpaired) electrons. The number of piperidine rings is 1. The van der Waals surface area contributed by atoms with Crippen molar-refractivity contribution < 1.29 is 27.9 Å². The summed E-state index contributed by atoms with van der Waals surface area (Å²) < 4.78 is 37.0. The Labute approximate surface area is 107 Å². The maximum absolute atomic E-state index is 12.3. The van der Waals surface area contributed by atoms with E-state index in [-0.39, 0.29) is 32.4 Å². The summed E-state index contributed by atoms with van der Waals surface area (Å²) in [6.07, 6.45) is -4.76.